The van der Waals surface area contributed by atoms with Crippen molar-refractivity contribution < 1.29 is 17.9 Å². The third kappa shape index (κ3) is 2.82. The standard InChI is InChI=1S/C9H11F3N2O/c1-5-6(2)8(15-9(10,11)12)4-14-7(5)3-13/h4H,3,13H2,1-2H3. The Morgan fingerprint density at radius 2 is 1.93 bits per heavy atom. The summed E-state index contributed by atoms with van der Waals surface area (Å²) in [6.07, 6.45) is -3.65. The highest BCUT2D eigenvalue weighted by Gasteiger charge is 2.32. The number of rotatable bonds is 2. The summed E-state index contributed by atoms with van der Waals surface area (Å²) >= 11 is 0. The minimum Gasteiger partial charge on any atom is -0.404 e. The van der Waals surface area contributed by atoms with E-state index in [9.17, 15) is 13.2 Å². The highest BCUT2D eigenvalue weighted by molar-refractivity contribution is 5.39. The van der Waals surface area contributed by atoms with Crippen LogP contribution in [0.15, 0.2) is 6.20 Å². The number of halogens is 3. The first-order valence-electron chi connectivity index (χ1n) is 4.26. The van der Waals surface area contributed by atoms with Gasteiger partial charge >= 0.3 is 6.36 Å². The molecule has 0 aliphatic heterocycles. The van der Waals surface area contributed by atoms with Crippen LogP contribution in [0.25, 0.3) is 0 Å². The van der Waals surface area contributed by atoms with Crippen molar-refractivity contribution in [2.75, 3.05) is 0 Å². The minimum absolute atomic E-state index is 0.193. The fourth-order valence-corrected chi connectivity index (χ4v) is 1.16. The Morgan fingerprint density at radius 3 is 2.40 bits per heavy atom. The van der Waals surface area contributed by atoms with Gasteiger partial charge in [0.15, 0.2) is 5.75 Å². The first kappa shape index (κ1) is 11.8. The molecule has 0 saturated carbocycles. The molecule has 0 aliphatic rings. The molecule has 15 heavy (non-hydrogen) atoms. The van der Waals surface area contributed by atoms with Crippen LogP contribution in [0, 0.1) is 13.8 Å². The maximum Gasteiger partial charge on any atom is 0.573 e. The zero-order valence-electron chi connectivity index (χ0n) is 8.35. The molecule has 1 heterocycles. The first-order chi connectivity index (χ1) is 6.85. The van der Waals surface area contributed by atoms with Crippen molar-refractivity contribution in [3.8, 4) is 5.75 Å². The van der Waals surface area contributed by atoms with Gasteiger partial charge in [-0.15, -0.1) is 13.2 Å². The van der Waals surface area contributed by atoms with E-state index in [1.165, 1.54) is 6.92 Å². The third-order valence-corrected chi connectivity index (χ3v) is 2.12. The number of nitrogens with zero attached hydrogens (tertiary/aromatic N) is 1. The molecule has 0 atom stereocenters. The van der Waals surface area contributed by atoms with Gasteiger partial charge < -0.3 is 10.5 Å². The van der Waals surface area contributed by atoms with Gasteiger partial charge in [0.05, 0.1) is 11.9 Å². The molecule has 0 radical (unpaired) electrons. The summed E-state index contributed by atoms with van der Waals surface area (Å²) in [5, 5.41) is 0. The zero-order valence-corrected chi connectivity index (χ0v) is 8.35. The summed E-state index contributed by atoms with van der Waals surface area (Å²) in [6, 6.07) is 0. The lowest BCUT2D eigenvalue weighted by Gasteiger charge is -2.13. The highest BCUT2D eigenvalue weighted by Crippen LogP contribution is 2.27. The Labute approximate surface area is 85.1 Å². The van der Waals surface area contributed by atoms with Crippen molar-refractivity contribution in [3.63, 3.8) is 0 Å². The molecule has 6 heteroatoms. The van der Waals surface area contributed by atoms with E-state index >= 15 is 0 Å². The van der Waals surface area contributed by atoms with E-state index in [0.29, 0.717) is 16.8 Å². The highest BCUT2D eigenvalue weighted by atomic mass is 19.4. The number of aromatic nitrogens is 1. The van der Waals surface area contributed by atoms with Gasteiger partial charge in [-0.1, -0.05) is 0 Å². The predicted octanol–water partition coefficient (Wildman–Crippen LogP) is 2.06. The minimum atomic E-state index is -4.69. The van der Waals surface area contributed by atoms with Crippen LogP contribution in [0.2, 0.25) is 0 Å². The van der Waals surface area contributed by atoms with Crippen molar-refractivity contribution in [1.29, 1.82) is 0 Å². The molecule has 0 spiro atoms. The largest absolute Gasteiger partial charge is 0.573 e. The van der Waals surface area contributed by atoms with Crippen molar-refractivity contribution in [1.82, 2.24) is 4.98 Å². The van der Waals surface area contributed by atoms with Gasteiger partial charge in [-0.3, -0.25) is 4.98 Å². The van der Waals surface area contributed by atoms with Gasteiger partial charge in [0.1, 0.15) is 0 Å². The summed E-state index contributed by atoms with van der Waals surface area (Å²) in [4.78, 5) is 3.79. The molecular formula is C9H11F3N2O. The van der Waals surface area contributed by atoms with Crippen molar-refractivity contribution in [3.05, 3.63) is 23.0 Å². The van der Waals surface area contributed by atoms with E-state index in [4.69, 9.17) is 5.73 Å². The van der Waals surface area contributed by atoms with Gasteiger partial charge in [0.25, 0.3) is 0 Å². The van der Waals surface area contributed by atoms with E-state index in [1.54, 1.807) is 6.92 Å². The summed E-state index contributed by atoms with van der Waals surface area (Å²) in [7, 11) is 0. The third-order valence-electron chi connectivity index (χ3n) is 2.12. The second-order valence-electron chi connectivity index (χ2n) is 3.07. The van der Waals surface area contributed by atoms with Crippen molar-refractivity contribution in [2.45, 2.75) is 26.8 Å². The van der Waals surface area contributed by atoms with E-state index in [2.05, 4.69) is 9.72 Å². The summed E-state index contributed by atoms with van der Waals surface area (Å²) in [6.45, 7) is 3.39. The summed E-state index contributed by atoms with van der Waals surface area (Å²) in [5.41, 5.74) is 6.97. The zero-order chi connectivity index (χ0) is 11.6. The number of hydrogen-bond donors (Lipinski definition) is 1. The maximum absolute atomic E-state index is 12.0. The Hall–Kier alpha value is -1.30. The van der Waals surface area contributed by atoms with Crippen LogP contribution >= 0.6 is 0 Å². The Bertz CT molecular complexity index is 363. The molecule has 0 aromatic carbocycles. The van der Waals surface area contributed by atoms with Crippen LogP contribution in [-0.4, -0.2) is 11.3 Å². The van der Waals surface area contributed by atoms with E-state index in [-0.39, 0.29) is 12.3 Å². The van der Waals surface area contributed by atoms with E-state index in [0.717, 1.165) is 6.20 Å². The monoisotopic (exact) mass is 220 g/mol. The van der Waals surface area contributed by atoms with Crippen molar-refractivity contribution >= 4 is 0 Å². The lowest BCUT2D eigenvalue weighted by atomic mass is 10.1. The van der Waals surface area contributed by atoms with Crippen LogP contribution in [-0.2, 0) is 6.54 Å². The van der Waals surface area contributed by atoms with E-state index in [1.807, 2.05) is 0 Å². The van der Waals surface area contributed by atoms with Gasteiger partial charge in [-0.05, 0) is 25.0 Å². The molecule has 0 unspecified atom stereocenters. The molecule has 0 fully saturated rings. The molecule has 0 amide bonds. The number of alkyl halides is 3. The molecule has 1 rings (SSSR count). The van der Waals surface area contributed by atoms with E-state index < -0.39 is 6.36 Å². The predicted molar refractivity (Wildman–Crippen MR) is 48.3 cm³/mol. The summed E-state index contributed by atoms with van der Waals surface area (Å²) in [5.74, 6) is -0.280. The lowest BCUT2D eigenvalue weighted by molar-refractivity contribution is -0.275. The number of pyridine rings is 1. The Balaban J connectivity index is 3.07. The number of ether oxygens (including phenoxy) is 1. The fraction of sp³-hybridized carbons (Fsp3) is 0.444. The van der Waals surface area contributed by atoms with Gasteiger partial charge in [0, 0.05) is 6.54 Å². The first-order valence-corrected chi connectivity index (χ1v) is 4.26. The molecule has 1 aromatic rings. The number of hydrogen-bond acceptors (Lipinski definition) is 3. The van der Waals surface area contributed by atoms with Crippen LogP contribution in [0.4, 0.5) is 13.2 Å². The molecule has 2 N–H and O–H groups in total. The Morgan fingerprint density at radius 1 is 1.33 bits per heavy atom. The molecule has 84 valence electrons. The summed E-state index contributed by atoms with van der Waals surface area (Å²) < 4.78 is 39.7. The molecule has 3 nitrogen and oxygen atoms in total. The SMILES string of the molecule is Cc1c(OC(F)(F)F)cnc(CN)c1C. The molecule has 0 bridgehead atoms. The van der Waals surface area contributed by atoms with Gasteiger partial charge in [0.2, 0.25) is 0 Å². The maximum atomic E-state index is 12.0. The smallest absolute Gasteiger partial charge is 0.404 e. The average molecular weight is 220 g/mol. The fourth-order valence-electron chi connectivity index (χ4n) is 1.16. The molecule has 1 aromatic heterocycles. The van der Waals surface area contributed by atoms with Gasteiger partial charge in [-0.2, -0.15) is 0 Å². The van der Waals surface area contributed by atoms with Crippen LogP contribution < -0.4 is 10.5 Å². The Kier molecular flexibility index (Phi) is 3.18. The lowest BCUT2D eigenvalue weighted by Crippen LogP contribution is -2.18. The quantitative estimate of drug-likeness (QED) is 0.829. The molecule has 0 aliphatic carbocycles. The van der Waals surface area contributed by atoms with Crippen LogP contribution in [0.5, 0.6) is 5.75 Å². The van der Waals surface area contributed by atoms with Crippen molar-refractivity contribution in [2.24, 2.45) is 5.73 Å². The number of nitrogens with two attached hydrogens (primary N) is 1. The second kappa shape index (κ2) is 4.06. The molecule has 0 saturated heterocycles. The average Bonchev–Trinajstić information content (AvgIpc) is 2.11. The second-order valence-corrected chi connectivity index (χ2v) is 3.07. The van der Waals surface area contributed by atoms with Crippen LogP contribution in [0.1, 0.15) is 16.8 Å². The molecular weight excluding hydrogens is 209 g/mol. The normalized spacial score (nSPS) is 11.6. The topological polar surface area (TPSA) is 48.1 Å². The van der Waals surface area contributed by atoms with Crippen LogP contribution in [0.3, 0.4) is 0 Å². The van der Waals surface area contributed by atoms with Gasteiger partial charge in [-0.25, -0.2) is 0 Å².